The molecule has 4 nitrogen and oxygen atoms in total. The molecule has 4 rings (SSSR count). The molecule has 1 amide bonds. The van der Waals surface area contributed by atoms with Crippen molar-refractivity contribution in [1.29, 1.82) is 0 Å². The molecule has 3 aromatic rings. The number of piperidine rings is 1. The minimum Gasteiger partial charge on any atom is -0.330 e. The summed E-state index contributed by atoms with van der Waals surface area (Å²) in [5, 5.41) is 0. The van der Waals surface area contributed by atoms with Crippen LogP contribution in [0.2, 0.25) is 0 Å². The standard InChI is InChI=1S/C20H19F2N3O/c1-13-5-10-17-23-18(19(22)25(17)12-13)20(26)24-11-3-2-4-16(24)14-6-8-15(21)9-7-14/h5-10,12,16H,2-4,11H2,1H3/t16-/m1/s1. The molecule has 1 fully saturated rings. The quantitative estimate of drug-likeness (QED) is 0.688. The van der Waals surface area contributed by atoms with Crippen molar-refractivity contribution in [3.63, 3.8) is 0 Å². The highest BCUT2D eigenvalue weighted by molar-refractivity contribution is 5.93. The molecular formula is C20H19F2N3O. The molecule has 0 saturated carbocycles. The van der Waals surface area contributed by atoms with Crippen molar-refractivity contribution in [1.82, 2.24) is 14.3 Å². The van der Waals surface area contributed by atoms with Gasteiger partial charge in [0.25, 0.3) is 5.91 Å². The fourth-order valence-corrected chi connectivity index (χ4v) is 3.60. The van der Waals surface area contributed by atoms with Crippen LogP contribution in [-0.2, 0) is 0 Å². The molecule has 1 atom stereocenters. The molecule has 1 saturated heterocycles. The Labute approximate surface area is 150 Å². The topological polar surface area (TPSA) is 37.6 Å². The van der Waals surface area contributed by atoms with Gasteiger partial charge in [-0.05, 0) is 55.5 Å². The molecular weight excluding hydrogens is 336 g/mol. The second kappa shape index (κ2) is 6.52. The highest BCUT2D eigenvalue weighted by Crippen LogP contribution is 2.32. The molecule has 0 radical (unpaired) electrons. The first kappa shape index (κ1) is 16.7. The minimum absolute atomic E-state index is 0.162. The summed E-state index contributed by atoms with van der Waals surface area (Å²) in [6.45, 7) is 2.39. The van der Waals surface area contributed by atoms with E-state index in [9.17, 15) is 13.6 Å². The summed E-state index contributed by atoms with van der Waals surface area (Å²) in [4.78, 5) is 18.9. The van der Waals surface area contributed by atoms with Crippen LogP contribution in [0.25, 0.3) is 5.65 Å². The van der Waals surface area contributed by atoms with Crippen molar-refractivity contribution in [3.05, 3.63) is 71.2 Å². The smallest absolute Gasteiger partial charge is 0.277 e. The Bertz CT molecular complexity index is 965. The third-order valence-electron chi connectivity index (χ3n) is 4.93. The fraction of sp³-hybridized carbons (Fsp3) is 0.300. The molecule has 1 aliphatic rings. The van der Waals surface area contributed by atoms with Crippen LogP contribution in [0, 0.1) is 18.7 Å². The van der Waals surface area contributed by atoms with E-state index >= 15 is 0 Å². The van der Waals surface area contributed by atoms with Gasteiger partial charge in [0, 0.05) is 12.7 Å². The number of benzene rings is 1. The van der Waals surface area contributed by atoms with Crippen LogP contribution in [0.4, 0.5) is 8.78 Å². The average molecular weight is 355 g/mol. The Kier molecular flexibility index (Phi) is 4.18. The lowest BCUT2D eigenvalue weighted by Gasteiger charge is -2.35. The number of likely N-dealkylation sites (tertiary alicyclic amines) is 1. The summed E-state index contributed by atoms with van der Waals surface area (Å²) < 4.78 is 29.3. The Morgan fingerprint density at radius 1 is 1.12 bits per heavy atom. The maximum Gasteiger partial charge on any atom is 0.277 e. The third kappa shape index (κ3) is 2.85. The Hall–Kier alpha value is -2.76. The summed E-state index contributed by atoms with van der Waals surface area (Å²) in [6, 6.07) is 9.50. The lowest BCUT2D eigenvalue weighted by Crippen LogP contribution is -2.39. The van der Waals surface area contributed by atoms with Gasteiger partial charge in [-0.1, -0.05) is 18.2 Å². The Morgan fingerprint density at radius 3 is 2.65 bits per heavy atom. The number of halogens is 2. The molecule has 2 aromatic heterocycles. The van der Waals surface area contributed by atoms with Crippen LogP contribution < -0.4 is 0 Å². The first-order chi connectivity index (χ1) is 12.5. The van der Waals surface area contributed by atoms with Gasteiger partial charge < -0.3 is 4.90 Å². The van der Waals surface area contributed by atoms with Gasteiger partial charge >= 0.3 is 0 Å². The number of pyridine rings is 1. The molecule has 1 aromatic carbocycles. The molecule has 134 valence electrons. The molecule has 26 heavy (non-hydrogen) atoms. The van der Waals surface area contributed by atoms with Crippen molar-refractivity contribution < 1.29 is 13.6 Å². The van der Waals surface area contributed by atoms with E-state index in [1.165, 1.54) is 16.5 Å². The van der Waals surface area contributed by atoms with Crippen LogP contribution in [0.3, 0.4) is 0 Å². The second-order valence-corrected chi connectivity index (χ2v) is 6.75. The molecule has 0 N–H and O–H groups in total. The summed E-state index contributed by atoms with van der Waals surface area (Å²) >= 11 is 0. The van der Waals surface area contributed by atoms with E-state index in [2.05, 4.69) is 4.98 Å². The molecule has 0 spiro atoms. The van der Waals surface area contributed by atoms with Crippen LogP contribution in [0.1, 0.15) is 46.9 Å². The van der Waals surface area contributed by atoms with E-state index in [0.717, 1.165) is 30.4 Å². The minimum atomic E-state index is -0.642. The van der Waals surface area contributed by atoms with Crippen molar-refractivity contribution in [2.24, 2.45) is 0 Å². The Balaban J connectivity index is 1.71. The van der Waals surface area contributed by atoms with Gasteiger partial charge in [0.15, 0.2) is 5.69 Å². The zero-order valence-corrected chi connectivity index (χ0v) is 14.5. The van der Waals surface area contributed by atoms with E-state index in [-0.39, 0.29) is 17.6 Å². The number of amides is 1. The zero-order valence-electron chi connectivity index (χ0n) is 14.5. The molecule has 0 unspecified atom stereocenters. The maximum atomic E-state index is 14.8. The largest absolute Gasteiger partial charge is 0.330 e. The van der Waals surface area contributed by atoms with Gasteiger partial charge in [0.1, 0.15) is 11.5 Å². The van der Waals surface area contributed by atoms with Crippen LogP contribution >= 0.6 is 0 Å². The third-order valence-corrected chi connectivity index (χ3v) is 4.93. The van der Waals surface area contributed by atoms with Gasteiger partial charge in [-0.25, -0.2) is 9.37 Å². The maximum absolute atomic E-state index is 14.8. The normalized spacial score (nSPS) is 17.7. The number of carbonyl (C=O) groups is 1. The van der Waals surface area contributed by atoms with E-state index < -0.39 is 11.9 Å². The molecule has 0 bridgehead atoms. The lowest BCUT2D eigenvalue weighted by molar-refractivity contribution is 0.0600. The predicted molar refractivity (Wildman–Crippen MR) is 93.9 cm³/mol. The highest BCUT2D eigenvalue weighted by Gasteiger charge is 2.32. The lowest BCUT2D eigenvalue weighted by atomic mass is 9.95. The number of nitrogens with zero attached hydrogens (tertiary/aromatic N) is 3. The molecule has 3 heterocycles. The van der Waals surface area contributed by atoms with Gasteiger partial charge in [-0.3, -0.25) is 9.20 Å². The fourth-order valence-electron chi connectivity index (χ4n) is 3.60. The zero-order chi connectivity index (χ0) is 18.3. The number of hydrogen-bond donors (Lipinski definition) is 0. The summed E-state index contributed by atoms with van der Waals surface area (Å²) in [5.74, 6) is -1.38. The number of carbonyl (C=O) groups excluding carboxylic acids is 1. The van der Waals surface area contributed by atoms with Crippen molar-refractivity contribution in [2.45, 2.75) is 32.2 Å². The van der Waals surface area contributed by atoms with E-state index in [1.54, 1.807) is 29.3 Å². The van der Waals surface area contributed by atoms with Gasteiger partial charge in [-0.15, -0.1) is 0 Å². The number of imidazole rings is 1. The number of hydrogen-bond acceptors (Lipinski definition) is 2. The van der Waals surface area contributed by atoms with E-state index in [1.807, 2.05) is 13.0 Å². The molecule has 1 aliphatic heterocycles. The summed E-state index contributed by atoms with van der Waals surface area (Å²) in [7, 11) is 0. The van der Waals surface area contributed by atoms with Gasteiger partial charge in [0.2, 0.25) is 5.95 Å². The number of aryl methyl sites for hydroxylation is 1. The van der Waals surface area contributed by atoms with Crippen LogP contribution in [0.15, 0.2) is 42.6 Å². The molecule has 0 aliphatic carbocycles. The van der Waals surface area contributed by atoms with E-state index in [0.29, 0.717) is 12.2 Å². The average Bonchev–Trinajstić information content (AvgIpc) is 2.98. The second-order valence-electron chi connectivity index (χ2n) is 6.75. The SMILES string of the molecule is Cc1ccc2nc(C(=O)N3CCCC[C@@H]3c3ccc(F)cc3)c(F)n2c1. The monoisotopic (exact) mass is 355 g/mol. The van der Waals surface area contributed by atoms with Crippen LogP contribution in [0.5, 0.6) is 0 Å². The first-order valence-electron chi connectivity index (χ1n) is 8.75. The Morgan fingerprint density at radius 2 is 1.88 bits per heavy atom. The summed E-state index contributed by atoms with van der Waals surface area (Å²) in [6.07, 6.45) is 4.23. The molecule has 6 heteroatoms. The van der Waals surface area contributed by atoms with Gasteiger partial charge in [0.05, 0.1) is 6.04 Å². The number of fused-ring (bicyclic) bond motifs is 1. The van der Waals surface area contributed by atoms with Gasteiger partial charge in [-0.2, -0.15) is 4.39 Å². The highest BCUT2D eigenvalue weighted by atomic mass is 19.1. The number of aromatic nitrogens is 2. The predicted octanol–water partition coefficient (Wildman–Crippen LogP) is 4.29. The van der Waals surface area contributed by atoms with E-state index in [4.69, 9.17) is 0 Å². The number of rotatable bonds is 2. The van der Waals surface area contributed by atoms with Crippen LogP contribution in [-0.4, -0.2) is 26.7 Å². The van der Waals surface area contributed by atoms with Crippen molar-refractivity contribution in [2.75, 3.05) is 6.54 Å². The summed E-state index contributed by atoms with van der Waals surface area (Å²) in [5.41, 5.74) is 1.99. The van der Waals surface area contributed by atoms with Crippen molar-refractivity contribution >= 4 is 11.6 Å². The van der Waals surface area contributed by atoms with Crippen molar-refractivity contribution in [3.8, 4) is 0 Å². The first-order valence-corrected chi connectivity index (χ1v) is 8.75.